The summed E-state index contributed by atoms with van der Waals surface area (Å²) in [6.07, 6.45) is -0.304. The molecular weight excluding hydrogens is 406 g/mol. The van der Waals surface area contributed by atoms with E-state index in [1.807, 2.05) is 59.2 Å². The average molecular weight is 418 g/mol. The van der Waals surface area contributed by atoms with E-state index in [0.717, 1.165) is 21.5 Å². The van der Waals surface area contributed by atoms with E-state index < -0.39 is 0 Å². The third-order valence-electron chi connectivity index (χ3n) is 3.77. The maximum absolute atomic E-state index is 12.5. The number of carbonyl (C=O) groups is 1. The van der Waals surface area contributed by atoms with Crippen molar-refractivity contribution in [2.45, 2.75) is 6.17 Å². The molecule has 0 saturated carbocycles. The van der Waals surface area contributed by atoms with Gasteiger partial charge in [0, 0.05) is 10.2 Å². The van der Waals surface area contributed by atoms with Crippen molar-refractivity contribution in [2.24, 2.45) is 0 Å². The summed E-state index contributed by atoms with van der Waals surface area (Å²) in [5.74, 6) is 0.629. The Morgan fingerprint density at radius 2 is 1.88 bits per heavy atom. The van der Waals surface area contributed by atoms with Crippen LogP contribution in [0.2, 0.25) is 0 Å². The summed E-state index contributed by atoms with van der Waals surface area (Å²) in [5.41, 5.74) is 1.91. The van der Waals surface area contributed by atoms with Crippen molar-refractivity contribution >= 4 is 51.2 Å². The van der Waals surface area contributed by atoms with Crippen LogP contribution in [0.5, 0.6) is 0 Å². The second-order valence-electron chi connectivity index (χ2n) is 5.32. The molecule has 1 aromatic heterocycles. The number of para-hydroxylation sites is 1. The zero-order valence-corrected chi connectivity index (χ0v) is 15.5. The van der Waals surface area contributed by atoms with Crippen molar-refractivity contribution in [3.05, 3.63) is 73.5 Å². The summed E-state index contributed by atoms with van der Waals surface area (Å²) in [5, 5.41) is 6.40. The van der Waals surface area contributed by atoms with Crippen LogP contribution in [0.4, 0.5) is 5.82 Å². The molecule has 2 heterocycles. The van der Waals surface area contributed by atoms with Gasteiger partial charge >= 0.3 is 0 Å². The van der Waals surface area contributed by atoms with Gasteiger partial charge in [-0.25, -0.2) is 0 Å². The fourth-order valence-electron chi connectivity index (χ4n) is 2.69. The molecule has 120 valence electrons. The minimum absolute atomic E-state index is 0.112. The maximum atomic E-state index is 12.5. The molecule has 24 heavy (non-hydrogen) atoms. The Balaban J connectivity index is 1.82. The molecule has 0 saturated heterocycles. The fraction of sp³-hybridized carbons (Fsp3) is 0.0588. The van der Waals surface area contributed by atoms with E-state index in [1.165, 1.54) is 11.3 Å². The number of amides is 1. The van der Waals surface area contributed by atoms with Crippen LogP contribution in [0.3, 0.4) is 0 Å². The minimum atomic E-state index is -0.304. The number of thiazole rings is 1. The SMILES string of the molecule is O=C1N[C@@H](c2cccc(Br)c2)Nc2c1sc(=S)n2-c1ccccc1. The highest BCUT2D eigenvalue weighted by atomic mass is 79.9. The molecule has 2 N–H and O–H groups in total. The maximum Gasteiger partial charge on any atom is 0.267 e. The van der Waals surface area contributed by atoms with Gasteiger partial charge in [-0.15, -0.1) is 0 Å². The van der Waals surface area contributed by atoms with E-state index >= 15 is 0 Å². The molecule has 1 amide bonds. The first-order valence-electron chi connectivity index (χ1n) is 7.27. The summed E-state index contributed by atoms with van der Waals surface area (Å²) >= 11 is 10.3. The third-order valence-corrected chi connectivity index (χ3v) is 5.64. The van der Waals surface area contributed by atoms with Gasteiger partial charge < -0.3 is 10.6 Å². The number of nitrogens with one attached hydrogen (secondary N) is 2. The van der Waals surface area contributed by atoms with Gasteiger partial charge in [0.05, 0.1) is 0 Å². The van der Waals surface area contributed by atoms with Crippen molar-refractivity contribution in [3.8, 4) is 5.69 Å². The van der Waals surface area contributed by atoms with Crippen LogP contribution < -0.4 is 10.6 Å². The average Bonchev–Trinajstić information content (AvgIpc) is 2.92. The van der Waals surface area contributed by atoms with Crippen LogP contribution in [-0.4, -0.2) is 10.5 Å². The molecular formula is C17H12BrN3OS2. The summed E-state index contributed by atoms with van der Waals surface area (Å²) in [6.45, 7) is 0. The topological polar surface area (TPSA) is 46.1 Å². The Kier molecular flexibility index (Phi) is 3.99. The van der Waals surface area contributed by atoms with Crippen LogP contribution in [0.15, 0.2) is 59.1 Å². The first kappa shape index (κ1) is 15.6. The molecule has 0 radical (unpaired) electrons. The number of hydrogen-bond acceptors (Lipinski definition) is 4. The molecule has 3 aromatic rings. The molecule has 7 heteroatoms. The number of halogens is 1. The fourth-order valence-corrected chi connectivity index (χ4v) is 4.42. The first-order valence-corrected chi connectivity index (χ1v) is 9.29. The van der Waals surface area contributed by atoms with Crippen molar-refractivity contribution in [1.29, 1.82) is 0 Å². The molecule has 2 aromatic carbocycles. The monoisotopic (exact) mass is 417 g/mol. The molecule has 0 aliphatic carbocycles. The standard InChI is InChI=1S/C17H12BrN3OS2/c18-11-6-4-5-10(9-11)14-19-15-13(16(22)20-14)24-17(23)21(15)12-7-2-1-3-8-12/h1-9,14,19H,(H,20,22)/t14-/m0/s1. The van der Waals surface area contributed by atoms with Crippen LogP contribution >= 0.6 is 39.5 Å². The molecule has 0 fully saturated rings. The van der Waals surface area contributed by atoms with Crippen molar-refractivity contribution in [1.82, 2.24) is 9.88 Å². The van der Waals surface area contributed by atoms with E-state index in [2.05, 4.69) is 26.6 Å². The molecule has 0 unspecified atom stereocenters. The van der Waals surface area contributed by atoms with E-state index in [1.54, 1.807) is 0 Å². The number of benzene rings is 2. The highest BCUT2D eigenvalue weighted by Gasteiger charge is 2.29. The number of carbonyl (C=O) groups excluding carboxylic acids is 1. The van der Waals surface area contributed by atoms with E-state index in [-0.39, 0.29) is 12.1 Å². The lowest BCUT2D eigenvalue weighted by atomic mass is 10.1. The molecule has 1 aliphatic rings. The predicted octanol–water partition coefficient (Wildman–Crippen LogP) is 4.88. The normalized spacial score (nSPS) is 16.2. The number of hydrogen-bond donors (Lipinski definition) is 2. The number of rotatable bonds is 2. The molecule has 0 bridgehead atoms. The van der Waals surface area contributed by atoms with Gasteiger partial charge in [-0.2, -0.15) is 0 Å². The minimum Gasteiger partial charge on any atom is -0.346 e. The largest absolute Gasteiger partial charge is 0.346 e. The second-order valence-corrected chi connectivity index (χ2v) is 7.88. The van der Waals surface area contributed by atoms with E-state index in [9.17, 15) is 4.79 Å². The lowest BCUT2D eigenvalue weighted by Gasteiger charge is -2.27. The Labute approximate surface area is 156 Å². The zero-order valence-electron chi connectivity index (χ0n) is 12.3. The predicted molar refractivity (Wildman–Crippen MR) is 102 cm³/mol. The summed E-state index contributed by atoms with van der Waals surface area (Å²) in [7, 11) is 0. The van der Waals surface area contributed by atoms with Crippen molar-refractivity contribution in [2.75, 3.05) is 5.32 Å². The van der Waals surface area contributed by atoms with Gasteiger partial charge in [-0.1, -0.05) is 57.6 Å². The number of nitrogens with zero attached hydrogens (tertiary/aromatic N) is 1. The lowest BCUT2D eigenvalue weighted by molar-refractivity contribution is 0.0939. The molecule has 0 spiro atoms. The van der Waals surface area contributed by atoms with Crippen molar-refractivity contribution < 1.29 is 4.79 Å². The van der Waals surface area contributed by atoms with Gasteiger partial charge in [0.2, 0.25) is 0 Å². The summed E-state index contributed by atoms with van der Waals surface area (Å²) in [6, 6.07) is 17.7. The molecule has 4 rings (SSSR count). The smallest absolute Gasteiger partial charge is 0.267 e. The summed E-state index contributed by atoms with van der Waals surface area (Å²) in [4.78, 5) is 13.1. The number of fused-ring (bicyclic) bond motifs is 1. The van der Waals surface area contributed by atoms with Gasteiger partial charge in [0.1, 0.15) is 16.9 Å². The van der Waals surface area contributed by atoms with Gasteiger partial charge in [0.15, 0.2) is 3.95 Å². The van der Waals surface area contributed by atoms with Gasteiger partial charge in [-0.3, -0.25) is 9.36 Å². The Morgan fingerprint density at radius 1 is 1.08 bits per heavy atom. The molecule has 1 aliphatic heterocycles. The summed E-state index contributed by atoms with van der Waals surface area (Å²) < 4.78 is 3.52. The van der Waals surface area contributed by atoms with Gasteiger partial charge in [0.25, 0.3) is 5.91 Å². The van der Waals surface area contributed by atoms with E-state index in [0.29, 0.717) is 8.83 Å². The Hall–Kier alpha value is -1.96. The van der Waals surface area contributed by atoms with Crippen LogP contribution in [0.25, 0.3) is 5.69 Å². The number of aromatic nitrogens is 1. The van der Waals surface area contributed by atoms with Crippen molar-refractivity contribution in [3.63, 3.8) is 0 Å². The highest BCUT2D eigenvalue weighted by Crippen LogP contribution is 2.34. The van der Waals surface area contributed by atoms with Crippen LogP contribution in [0.1, 0.15) is 21.4 Å². The van der Waals surface area contributed by atoms with Crippen LogP contribution in [0, 0.1) is 3.95 Å². The zero-order chi connectivity index (χ0) is 16.7. The van der Waals surface area contributed by atoms with E-state index in [4.69, 9.17) is 12.2 Å². The molecule has 4 nitrogen and oxygen atoms in total. The quantitative estimate of drug-likeness (QED) is 0.583. The highest BCUT2D eigenvalue weighted by molar-refractivity contribution is 9.10. The molecule has 1 atom stereocenters. The van der Waals surface area contributed by atoms with Crippen LogP contribution in [-0.2, 0) is 0 Å². The third kappa shape index (κ3) is 2.68. The van der Waals surface area contributed by atoms with Gasteiger partial charge in [-0.05, 0) is 42.0 Å². The lowest BCUT2D eigenvalue weighted by Crippen LogP contribution is -2.38. The first-order chi connectivity index (χ1) is 11.6. The Morgan fingerprint density at radius 3 is 2.62 bits per heavy atom. The second kappa shape index (κ2) is 6.16. The number of anilines is 1. The Bertz CT molecular complexity index is 981.